The molecule has 6 aliphatic heterocycles. The third-order valence-electron chi connectivity index (χ3n) is 18.4. The highest BCUT2D eigenvalue weighted by Gasteiger charge is 2.57. The molecule has 0 bridgehead atoms. The average molecular weight is 995 g/mol. The summed E-state index contributed by atoms with van der Waals surface area (Å²) in [5.41, 5.74) is 6.25. The first-order chi connectivity index (χ1) is 35.2. The number of hydrogen-bond acceptors (Lipinski definition) is 10. The lowest BCUT2D eigenvalue weighted by molar-refractivity contribution is -0.150. The number of halogens is 1. The van der Waals surface area contributed by atoms with Gasteiger partial charge >= 0.3 is 0 Å². The SMILES string of the molecule is CC(C)n1cnc2cc(-c3ccc4c(c3)N([C@H]3C[C@@H](N5CCC[C@H](F)C5)C3)C(=O)C43CCN(C(=O)C4(C)CCN(C(=O)C5CCN(c6ccc(C7CCC(=O)NC7=O)cc6)CC5)CC4)CC3)nc(NC3CC3)c21. The Morgan fingerprint density at radius 3 is 2.23 bits per heavy atom. The van der Waals surface area contributed by atoms with Crippen molar-refractivity contribution in [1.29, 1.82) is 0 Å². The molecule has 5 saturated heterocycles. The van der Waals surface area contributed by atoms with E-state index in [2.05, 4.69) is 74.9 Å². The van der Waals surface area contributed by atoms with E-state index in [1.807, 2.05) is 40.4 Å². The van der Waals surface area contributed by atoms with Gasteiger partial charge in [-0.1, -0.05) is 31.2 Å². The van der Waals surface area contributed by atoms with E-state index in [-0.39, 0.29) is 59.5 Å². The number of hydrogen-bond donors (Lipinski definition) is 2. The van der Waals surface area contributed by atoms with Gasteiger partial charge in [-0.3, -0.25) is 34.2 Å². The summed E-state index contributed by atoms with van der Waals surface area (Å²) in [6.07, 6.45) is 11.1. The van der Waals surface area contributed by atoms with Gasteiger partial charge in [-0.2, -0.15) is 0 Å². The van der Waals surface area contributed by atoms with E-state index in [1.165, 1.54) is 0 Å². The molecule has 0 radical (unpaired) electrons. The summed E-state index contributed by atoms with van der Waals surface area (Å²) in [4.78, 5) is 88.6. The third kappa shape index (κ3) is 8.76. The van der Waals surface area contributed by atoms with E-state index in [1.54, 1.807) is 0 Å². The van der Waals surface area contributed by atoms with Crippen LogP contribution in [0.1, 0.15) is 134 Å². The molecule has 2 atom stereocenters. The van der Waals surface area contributed by atoms with Crippen LogP contribution in [0.3, 0.4) is 0 Å². The smallest absolute Gasteiger partial charge is 0.238 e. The minimum absolute atomic E-state index is 0.0139. The van der Waals surface area contributed by atoms with E-state index in [0.717, 1.165) is 115 Å². The zero-order valence-corrected chi connectivity index (χ0v) is 42.8. The molecule has 8 aliphatic rings. The average Bonchev–Trinajstić information content (AvgIpc) is 4.05. The Kier molecular flexibility index (Phi) is 12.4. The minimum Gasteiger partial charge on any atom is -0.371 e. The van der Waals surface area contributed by atoms with Crippen molar-refractivity contribution in [3.8, 4) is 11.3 Å². The van der Waals surface area contributed by atoms with Crippen LogP contribution in [0, 0.1) is 11.3 Å². The summed E-state index contributed by atoms with van der Waals surface area (Å²) >= 11 is 0. The molecule has 1 unspecified atom stereocenters. The van der Waals surface area contributed by atoms with Gasteiger partial charge in [-0.15, -0.1) is 0 Å². The fourth-order valence-corrected chi connectivity index (χ4v) is 13.5. The number of nitrogens with zero attached hydrogens (tertiary/aromatic N) is 8. The number of imidazole rings is 1. The monoisotopic (exact) mass is 995 g/mol. The standard InChI is InChI=1S/C57H71FN10O5/c1-35(2)67-34-59-47-32-46(61-51(50(47)67)60-40-9-10-40)38-8-14-45-48(29-38)68(43-30-42(31-43)66-22-4-5-39(58)33-66)55(73)57(45)20-27-65(28-21-57)54(72)56(3)18-25-64(26-19-56)53(71)37-16-23-63(24-17-37)41-11-6-36(7-12-41)44-13-15-49(69)62-52(44)70/h6-8,11-12,14,29,32,34-35,37,39-40,42-44H,4-5,9-10,13,15-28,30-31,33H2,1-3H3,(H,60,61)(H,62,69,70)/t39-,42-,43+,44?/m0/s1. The lowest BCUT2D eigenvalue weighted by Gasteiger charge is -2.49. The second-order valence-electron chi connectivity index (χ2n) is 23.4. The van der Waals surface area contributed by atoms with Crippen molar-refractivity contribution in [1.82, 2.24) is 34.6 Å². The zero-order valence-electron chi connectivity index (χ0n) is 42.8. The van der Waals surface area contributed by atoms with Crippen LogP contribution in [0.4, 0.5) is 21.6 Å². The first kappa shape index (κ1) is 48.1. The topological polar surface area (TPSA) is 156 Å². The molecule has 8 heterocycles. The van der Waals surface area contributed by atoms with Crippen LogP contribution in [0.25, 0.3) is 22.3 Å². The lowest BCUT2D eigenvalue weighted by atomic mass is 9.72. The Morgan fingerprint density at radius 2 is 1.55 bits per heavy atom. The molecule has 2 saturated carbocycles. The third-order valence-corrected chi connectivity index (χ3v) is 18.4. The van der Waals surface area contributed by atoms with Crippen LogP contribution < -0.4 is 20.4 Å². The highest BCUT2D eigenvalue weighted by Crippen LogP contribution is 2.53. The maximum atomic E-state index is 15.3. The van der Waals surface area contributed by atoms with E-state index < -0.39 is 17.0 Å². The van der Waals surface area contributed by atoms with Gasteiger partial charge in [0.1, 0.15) is 11.7 Å². The predicted octanol–water partition coefficient (Wildman–Crippen LogP) is 7.49. The van der Waals surface area contributed by atoms with Crippen LogP contribution in [0.15, 0.2) is 54.9 Å². The fraction of sp³-hybridized carbons (Fsp3) is 0.596. The second kappa shape index (κ2) is 18.8. The number of carbonyl (C=O) groups is 5. The van der Waals surface area contributed by atoms with Crippen LogP contribution >= 0.6 is 0 Å². The van der Waals surface area contributed by atoms with E-state index in [0.29, 0.717) is 83.7 Å². The number of rotatable bonds is 10. The molecule has 16 heteroatoms. The molecule has 2 N–H and O–H groups in total. The fourth-order valence-electron chi connectivity index (χ4n) is 13.5. The van der Waals surface area contributed by atoms with Gasteiger partial charge in [0.05, 0.1) is 28.9 Å². The number of fused-ring (bicyclic) bond motifs is 3. The van der Waals surface area contributed by atoms with Crippen LogP contribution in [0.5, 0.6) is 0 Å². The largest absolute Gasteiger partial charge is 0.371 e. The van der Waals surface area contributed by atoms with Crippen LogP contribution in [-0.4, -0.2) is 135 Å². The van der Waals surface area contributed by atoms with Gasteiger partial charge < -0.3 is 29.5 Å². The van der Waals surface area contributed by atoms with Crippen molar-refractivity contribution >= 4 is 57.8 Å². The number of likely N-dealkylation sites (tertiary alicyclic amines) is 3. The van der Waals surface area contributed by atoms with Gasteiger partial charge in [-0.25, -0.2) is 14.4 Å². The molecular formula is C57H71FN10O5. The van der Waals surface area contributed by atoms with Gasteiger partial charge in [0.25, 0.3) is 0 Å². The highest BCUT2D eigenvalue weighted by atomic mass is 19.1. The minimum atomic E-state index is -0.794. The summed E-state index contributed by atoms with van der Waals surface area (Å²) in [5, 5.41) is 6.13. The molecule has 2 aromatic heterocycles. The number of carbonyl (C=O) groups excluding carboxylic acids is 5. The molecule has 1 spiro atoms. The molecule has 5 amide bonds. The highest BCUT2D eigenvalue weighted by molar-refractivity contribution is 6.09. The first-order valence-electron chi connectivity index (χ1n) is 27.5. The Bertz CT molecular complexity index is 2810. The Hall–Kier alpha value is -5.90. The van der Waals surface area contributed by atoms with Gasteiger partial charge in [0.2, 0.25) is 29.5 Å². The number of pyridine rings is 1. The van der Waals surface area contributed by atoms with Gasteiger partial charge in [0.15, 0.2) is 5.82 Å². The van der Waals surface area contributed by atoms with Crippen molar-refractivity contribution in [2.75, 3.05) is 67.5 Å². The second-order valence-corrected chi connectivity index (χ2v) is 23.4. The van der Waals surface area contributed by atoms with Crippen molar-refractivity contribution in [2.24, 2.45) is 11.3 Å². The van der Waals surface area contributed by atoms with E-state index in [9.17, 15) is 23.6 Å². The Labute approximate surface area is 427 Å². The summed E-state index contributed by atoms with van der Waals surface area (Å²) in [6, 6.07) is 17.5. The van der Waals surface area contributed by atoms with E-state index >= 15 is 4.79 Å². The van der Waals surface area contributed by atoms with Crippen LogP contribution in [-0.2, 0) is 29.4 Å². The van der Waals surface area contributed by atoms with Gasteiger partial charge in [-0.05, 0) is 139 Å². The number of alkyl halides is 1. The normalized spacial score (nSPS) is 26.6. The molecule has 7 fully saturated rings. The number of imide groups is 1. The molecule has 386 valence electrons. The maximum Gasteiger partial charge on any atom is 0.238 e. The molecular weight excluding hydrogens is 924 g/mol. The van der Waals surface area contributed by atoms with Crippen molar-refractivity contribution in [3.05, 3.63) is 66.0 Å². The molecule has 4 aromatic rings. The van der Waals surface area contributed by atoms with Crippen molar-refractivity contribution < 1.29 is 28.4 Å². The van der Waals surface area contributed by atoms with E-state index in [4.69, 9.17) is 9.97 Å². The van der Waals surface area contributed by atoms with Gasteiger partial charge in [0, 0.05) is 105 Å². The number of piperidine rings is 5. The first-order valence-corrected chi connectivity index (χ1v) is 27.5. The zero-order chi connectivity index (χ0) is 50.3. The van der Waals surface area contributed by atoms with Crippen molar-refractivity contribution in [3.63, 3.8) is 0 Å². The Morgan fingerprint density at radius 1 is 0.822 bits per heavy atom. The number of amides is 5. The summed E-state index contributed by atoms with van der Waals surface area (Å²) in [6.45, 7) is 11.4. The quantitative estimate of drug-likeness (QED) is 0.153. The predicted molar refractivity (Wildman–Crippen MR) is 278 cm³/mol. The molecule has 73 heavy (non-hydrogen) atoms. The summed E-state index contributed by atoms with van der Waals surface area (Å²) in [7, 11) is 0. The molecule has 2 aromatic carbocycles. The lowest BCUT2D eigenvalue weighted by Crippen LogP contribution is -2.59. The van der Waals surface area contributed by atoms with Crippen LogP contribution in [0.2, 0.25) is 0 Å². The Balaban J connectivity index is 0.708. The summed E-state index contributed by atoms with van der Waals surface area (Å²) in [5.74, 6) is 0.448. The molecule has 15 nitrogen and oxygen atoms in total. The maximum absolute atomic E-state index is 15.3. The van der Waals surface area contributed by atoms with Crippen molar-refractivity contribution in [2.45, 2.75) is 152 Å². The number of aromatic nitrogens is 3. The summed E-state index contributed by atoms with van der Waals surface area (Å²) < 4.78 is 16.8. The number of anilines is 3. The molecule has 2 aliphatic carbocycles. The number of nitrogens with one attached hydrogen (secondary N) is 2. The number of benzene rings is 2. The molecule has 12 rings (SSSR count).